The number of nitrogen functional groups attached to an aromatic ring is 1. The highest BCUT2D eigenvalue weighted by Crippen LogP contribution is 2.23. The van der Waals surface area contributed by atoms with E-state index in [2.05, 4.69) is 6.92 Å². The fourth-order valence-electron chi connectivity index (χ4n) is 2.07. The number of nitrogens with two attached hydrogens (primary N) is 1. The highest BCUT2D eigenvalue weighted by Gasteiger charge is 2.24. The zero-order chi connectivity index (χ0) is 13.1. The molecule has 2 N–H and O–H groups in total. The zero-order valence-corrected chi connectivity index (χ0v) is 11.2. The Morgan fingerprint density at radius 3 is 3.00 bits per heavy atom. The maximum Gasteiger partial charge on any atom is 0.254 e. The van der Waals surface area contributed by atoms with E-state index in [1.807, 2.05) is 11.8 Å². The predicted molar refractivity (Wildman–Crippen MR) is 73.3 cm³/mol. The lowest BCUT2D eigenvalue weighted by molar-refractivity contribution is 0.0760. The maximum atomic E-state index is 13.2. The van der Waals surface area contributed by atoms with E-state index < -0.39 is 5.82 Å². The van der Waals surface area contributed by atoms with E-state index in [4.69, 9.17) is 5.73 Å². The molecule has 1 heterocycles. The number of rotatable bonds is 2. The number of nitrogens with zero attached hydrogens (tertiary/aromatic N) is 1. The van der Waals surface area contributed by atoms with E-state index in [1.165, 1.54) is 18.2 Å². The second-order valence-electron chi connectivity index (χ2n) is 4.43. The van der Waals surface area contributed by atoms with Crippen molar-refractivity contribution in [3.63, 3.8) is 0 Å². The van der Waals surface area contributed by atoms with Crippen LogP contribution in [0.2, 0.25) is 0 Å². The first-order valence-corrected chi connectivity index (χ1v) is 7.12. The second kappa shape index (κ2) is 5.61. The number of amides is 1. The van der Waals surface area contributed by atoms with Gasteiger partial charge in [-0.1, -0.05) is 6.92 Å². The van der Waals surface area contributed by atoms with Crippen LogP contribution in [-0.2, 0) is 0 Å². The van der Waals surface area contributed by atoms with Crippen molar-refractivity contribution in [1.29, 1.82) is 0 Å². The highest BCUT2D eigenvalue weighted by atomic mass is 32.2. The van der Waals surface area contributed by atoms with Crippen LogP contribution in [0.3, 0.4) is 0 Å². The fourth-order valence-corrected chi connectivity index (χ4v) is 3.25. The van der Waals surface area contributed by atoms with Gasteiger partial charge in [0.2, 0.25) is 0 Å². The van der Waals surface area contributed by atoms with E-state index in [0.29, 0.717) is 10.8 Å². The van der Waals surface area contributed by atoms with Gasteiger partial charge < -0.3 is 10.6 Å². The molecule has 1 aliphatic heterocycles. The van der Waals surface area contributed by atoms with Crippen LogP contribution >= 0.6 is 11.8 Å². The summed E-state index contributed by atoms with van der Waals surface area (Å²) in [4.78, 5) is 14.1. The Morgan fingerprint density at radius 2 is 2.33 bits per heavy atom. The van der Waals surface area contributed by atoms with Crippen LogP contribution in [0, 0.1) is 5.82 Å². The van der Waals surface area contributed by atoms with Gasteiger partial charge in [-0.15, -0.1) is 0 Å². The molecule has 0 spiro atoms. The minimum atomic E-state index is -0.461. The van der Waals surface area contributed by atoms with Gasteiger partial charge in [-0.05, 0) is 24.6 Å². The van der Waals surface area contributed by atoms with E-state index in [1.54, 1.807) is 4.90 Å². The van der Waals surface area contributed by atoms with Gasteiger partial charge in [-0.25, -0.2) is 4.39 Å². The van der Waals surface area contributed by atoms with Crippen molar-refractivity contribution in [2.75, 3.05) is 24.6 Å². The number of anilines is 1. The average molecular weight is 268 g/mol. The first-order valence-electron chi connectivity index (χ1n) is 6.07. The van der Waals surface area contributed by atoms with Crippen LogP contribution < -0.4 is 5.73 Å². The van der Waals surface area contributed by atoms with E-state index in [-0.39, 0.29) is 11.6 Å². The van der Waals surface area contributed by atoms with Crippen LogP contribution in [0.1, 0.15) is 23.7 Å². The summed E-state index contributed by atoms with van der Waals surface area (Å²) < 4.78 is 13.2. The largest absolute Gasteiger partial charge is 0.399 e. The number of carbonyl (C=O) groups is 1. The Bertz CT molecular complexity index is 432. The summed E-state index contributed by atoms with van der Waals surface area (Å²) in [6.07, 6.45) is 1.04. The summed E-state index contributed by atoms with van der Waals surface area (Å²) >= 11 is 1.89. The van der Waals surface area contributed by atoms with Crippen LogP contribution in [0.5, 0.6) is 0 Å². The summed E-state index contributed by atoms with van der Waals surface area (Å²) in [6.45, 7) is 3.57. The Hall–Kier alpha value is -1.23. The third kappa shape index (κ3) is 2.96. The third-order valence-corrected chi connectivity index (χ3v) is 4.42. The minimum absolute atomic E-state index is 0.125. The van der Waals surface area contributed by atoms with Crippen LogP contribution in [0.25, 0.3) is 0 Å². The summed E-state index contributed by atoms with van der Waals surface area (Å²) in [5.74, 6) is 0.353. The van der Waals surface area contributed by atoms with Crippen LogP contribution in [0.15, 0.2) is 18.2 Å². The minimum Gasteiger partial charge on any atom is -0.399 e. The molecule has 1 unspecified atom stereocenters. The van der Waals surface area contributed by atoms with Crippen molar-refractivity contribution >= 4 is 23.4 Å². The van der Waals surface area contributed by atoms with Crippen molar-refractivity contribution in [2.24, 2.45) is 0 Å². The lowest BCUT2D eigenvalue weighted by atomic mass is 10.1. The normalized spacial score (nSPS) is 19.9. The Balaban J connectivity index is 2.15. The average Bonchev–Trinajstić information content (AvgIpc) is 2.37. The van der Waals surface area contributed by atoms with E-state index >= 15 is 0 Å². The molecule has 1 aromatic rings. The molecule has 0 bridgehead atoms. The van der Waals surface area contributed by atoms with E-state index in [9.17, 15) is 9.18 Å². The highest BCUT2D eigenvalue weighted by molar-refractivity contribution is 8.00. The van der Waals surface area contributed by atoms with E-state index in [0.717, 1.165) is 25.3 Å². The fraction of sp³-hybridized carbons (Fsp3) is 0.462. The number of hydrogen-bond donors (Lipinski definition) is 1. The molecule has 1 fully saturated rings. The molecular formula is C13H17FN2OS. The monoisotopic (exact) mass is 268 g/mol. The second-order valence-corrected chi connectivity index (χ2v) is 5.83. The van der Waals surface area contributed by atoms with Crippen LogP contribution in [0.4, 0.5) is 10.1 Å². The standard InChI is InChI=1S/C13H17FN2OS/c1-2-12-8-16(3-4-18-12)13(17)9-5-10(14)7-11(15)6-9/h5-7,12H,2-4,8,15H2,1H3. The molecule has 0 aliphatic carbocycles. The summed E-state index contributed by atoms with van der Waals surface area (Å²) in [7, 11) is 0. The van der Waals surface area contributed by atoms with Gasteiger partial charge in [0.1, 0.15) is 5.82 Å². The molecule has 0 radical (unpaired) electrons. The molecule has 1 atom stereocenters. The first-order chi connectivity index (χ1) is 8.60. The Labute approximate surface area is 111 Å². The molecule has 1 amide bonds. The molecule has 5 heteroatoms. The molecule has 2 rings (SSSR count). The predicted octanol–water partition coefficient (Wildman–Crippen LogP) is 2.38. The molecule has 1 aliphatic rings. The van der Waals surface area contributed by atoms with Crippen molar-refractivity contribution in [1.82, 2.24) is 4.90 Å². The van der Waals surface area contributed by atoms with Gasteiger partial charge in [0.15, 0.2) is 0 Å². The van der Waals surface area contributed by atoms with Gasteiger partial charge in [0.25, 0.3) is 5.91 Å². The van der Waals surface area contributed by atoms with Gasteiger partial charge in [0.05, 0.1) is 0 Å². The van der Waals surface area contributed by atoms with Gasteiger partial charge in [-0.3, -0.25) is 4.79 Å². The van der Waals surface area contributed by atoms with Gasteiger partial charge >= 0.3 is 0 Å². The molecule has 1 aromatic carbocycles. The lowest BCUT2D eigenvalue weighted by Crippen LogP contribution is -2.41. The van der Waals surface area contributed by atoms with Crippen molar-refractivity contribution < 1.29 is 9.18 Å². The molecule has 98 valence electrons. The van der Waals surface area contributed by atoms with Crippen LogP contribution in [-0.4, -0.2) is 34.9 Å². The number of halogens is 1. The van der Waals surface area contributed by atoms with Crippen molar-refractivity contribution in [3.05, 3.63) is 29.6 Å². The van der Waals surface area contributed by atoms with Gasteiger partial charge in [-0.2, -0.15) is 11.8 Å². The Kier molecular flexibility index (Phi) is 4.11. The van der Waals surface area contributed by atoms with Crippen molar-refractivity contribution in [2.45, 2.75) is 18.6 Å². The Morgan fingerprint density at radius 1 is 1.56 bits per heavy atom. The molecular weight excluding hydrogens is 251 g/mol. The summed E-state index contributed by atoms with van der Waals surface area (Å²) in [5, 5.41) is 0.480. The topological polar surface area (TPSA) is 46.3 Å². The molecule has 0 aromatic heterocycles. The molecule has 3 nitrogen and oxygen atoms in total. The number of benzene rings is 1. The smallest absolute Gasteiger partial charge is 0.254 e. The quantitative estimate of drug-likeness (QED) is 0.838. The number of thioether (sulfide) groups is 1. The third-order valence-electron chi connectivity index (χ3n) is 3.05. The zero-order valence-electron chi connectivity index (χ0n) is 10.4. The van der Waals surface area contributed by atoms with Crippen molar-refractivity contribution in [3.8, 4) is 0 Å². The summed E-state index contributed by atoms with van der Waals surface area (Å²) in [6, 6.07) is 4.01. The molecule has 18 heavy (non-hydrogen) atoms. The summed E-state index contributed by atoms with van der Waals surface area (Å²) in [5.41, 5.74) is 6.20. The maximum absolute atomic E-state index is 13.2. The molecule has 1 saturated heterocycles. The molecule has 0 saturated carbocycles. The number of hydrogen-bond acceptors (Lipinski definition) is 3. The first kappa shape index (κ1) is 13.2. The number of carbonyl (C=O) groups excluding carboxylic acids is 1. The SMILES string of the molecule is CCC1CN(C(=O)c2cc(N)cc(F)c2)CCS1. The lowest BCUT2D eigenvalue weighted by Gasteiger charge is -2.32. The van der Waals surface area contributed by atoms with Gasteiger partial charge in [0, 0.05) is 35.3 Å².